The number of aryl methyl sites for hydroxylation is 7. The highest BCUT2D eigenvalue weighted by molar-refractivity contribution is 8.00. The Hall–Kier alpha value is -11.8. The van der Waals surface area contributed by atoms with Crippen molar-refractivity contribution in [2.75, 3.05) is 35.2 Å². The lowest BCUT2D eigenvalue weighted by Crippen LogP contribution is -2.18. The van der Waals surface area contributed by atoms with Crippen molar-refractivity contribution in [1.82, 2.24) is 71.4 Å². The SMILES string of the molecule is CNS(=O)(=O)c1ccc(Cc2cc(C(C)(F)F)cc(C(F)(F)F)c2)c(-c2cn(C)cn2)c1.CNS(=O)(=O)c1ccc(Cc2cc(C)c(Cl)c(Cl)c2)c(-c2cn(C)cn2)c1.CNS(=O)(=O)c1ccc(Cc2ccc(C(C)(F)F)c(Cl)c2)c(-c2cn(C)cn2)c1.CNS(=O)(=O)c1ccc(Cc2ccc(C)c(C(F)(F)F)c2)c(-c2cn(C)cn2)c1.CNS(=O)(=O)c1ccc(Cc2ccc(SC(C)(F)F)cc2)c(-c2cn(C)cn2)c1. The highest BCUT2D eigenvalue weighted by Gasteiger charge is 2.37. The van der Waals surface area contributed by atoms with Crippen molar-refractivity contribution in [3.8, 4) is 56.3 Å². The monoisotopic (exact) mass is 2200 g/mol. The smallest absolute Gasteiger partial charge is 0.340 e. The normalized spacial score (nSPS) is 12.3. The first kappa shape index (κ1) is 114. The molecule has 0 aliphatic rings. The van der Waals surface area contributed by atoms with Crippen LogP contribution >= 0.6 is 46.6 Å². The fourth-order valence-corrected chi connectivity index (χ4v) is 20.4. The van der Waals surface area contributed by atoms with E-state index in [2.05, 4.69) is 48.5 Å². The summed E-state index contributed by atoms with van der Waals surface area (Å²) in [6, 6.07) is 45.0. The molecule has 15 aromatic rings. The van der Waals surface area contributed by atoms with Crippen molar-refractivity contribution in [2.24, 2.45) is 35.2 Å². The minimum absolute atomic E-state index is 0.0104. The molecule has 0 spiro atoms. The van der Waals surface area contributed by atoms with E-state index >= 15 is 0 Å². The van der Waals surface area contributed by atoms with Crippen LogP contribution in [0.3, 0.4) is 0 Å². The molecular formula is C100H100Cl3F12N15O10S6. The molecule has 5 aromatic heterocycles. The lowest BCUT2D eigenvalue weighted by atomic mass is 9.94. The number of thioether (sulfide) groups is 1. The van der Waals surface area contributed by atoms with Gasteiger partial charge in [-0.15, -0.1) is 0 Å². The van der Waals surface area contributed by atoms with Gasteiger partial charge in [-0.3, -0.25) is 0 Å². The van der Waals surface area contributed by atoms with Gasteiger partial charge in [-0.05, 0) is 257 Å². The molecule has 10 aromatic carbocycles. The molecule has 0 aliphatic heterocycles. The van der Waals surface area contributed by atoms with Gasteiger partial charge >= 0.3 is 12.4 Å². The van der Waals surface area contributed by atoms with E-state index in [1.165, 1.54) is 103 Å². The lowest BCUT2D eigenvalue weighted by molar-refractivity contribution is -0.138. The molecule has 0 saturated carbocycles. The Balaban J connectivity index is 0.000000174. The van der Waals surface area contributed by atoms with Gasteiger partial charge in [-0.1, -0.05) is 119 Å². The molecule has 0 atom stereocenters. The van der Waals surface area contributed by atoms with Crippen molar-refractivity contribution < 1.29 is 94.8 Å². The molecule has 25 nitrogen and oxygen atoms in total. The molecule has 0 saturated heterocycles. The standard InChI is InChI=1S/C21H20F5N3O2S.C20H20ClF2N3O2S.C20H20F3N3O2S.C20H21F2N3O2S2.C19H19Cl2N3O2S/c1-20(22,23)15-7-13(8-16(9-15)21(24,25)26)6-14-4-5-17(32(30,31)27-2)10-18(14)19-11-29(3)12-28-19;1-20(22,23)17-7-4-13(9-18(17)21)8-14-5-6-15(29(27,28)24-2)10-16(14)19-11-26(3)12-25-19;1-13-4-5-14(9-18(13)20(21,22)23)8-15-6-7-16(29(27,28)24-2)10-17(15)19-11-26(3)12-25-19;1-20(21,22)28-16-7-4-14(5-8-16)10-15-6-9-17(29(26,27)23-2)11-18(15)19-12-25(3)13-24-19;1-12-6-13(8-17(20)19(12)21)7-14-4-5-15(27(25,26)22-2)9-16(14)18-10-24(3)11-23-18/h4-5,7-12,27H,6H2,1-3H3;2*4-7,9-12,24H,8H2,1-3H3;4-9,11-13,23H,10H2,1-3H3;4-6,8-11,22H,7H2,1-3H3. The molecule has 0 fully saturated rings. The van der Waals surface area contributed by atoms with Crippen LogP contribution in [-0.2, 0) is 142 Å². The first-order chi connectivity index (χ1) is 68.0. The Morgan fingerprint density at radius 2 is 0.589 bits per heavy atom. The van der Waals surface area contributed by atoms with Gasteiger partial charge in [0.05, 0.1) is 111 Å². The lowest BCUT2D eigenvalue weighted by Gasteiger charge is -2.17. The van der Waals surface area contributed by atoms with Gasteiger partial charge in [0.25, 0.3) is 17.1 Å². The van der Waals surface area contributed by atoms with E-state index in [1.807, 2.05) is 63.2 Å². The Kier molecular flexibility index (Phi) is 36.3. The topological polar surface area (TPSA) is 320 Å². The summed E-state index contributed by atoms with van der Waals surface area (Å²) in [4.78, 5) is 22.5. The van der Waals surface area contributed by atoms with Gasteiger partial charge in [0.1, 0.15) is 0 Å². The van der Waals surface area contributed by atoms with Crippen LogP contribution in [0.2, 0.25) is 15.1 Å². The Bertz CT molecular complexity index is 7850. The zero-order valence-electron chi connectivity index (χ0n) is 80.8. The van der Waals surface area contributed by atoms with Gasteiger partial charge < -0.3 is 22.8 Å². The first-order valence-electron chi connectivity index (χ1n) is 43.8. The second-order valence-corrected chi connectivity index (χ2v) is 46.1. The number of benzene rings is 10. The quantitative estimate of drug-likeness (QED) is 0.0215. The number of sulfonamides is 5. The summed E-state index contributed by atoms with van der Waals surface area (Å²) < 4.78 is 303. The maximum absolute atomic E-state index is 13.9. The van der Waals surface area contributed by atoms with Gasteiger partial charge in [0.15, 0.2) is 0 Å². The van der Waals surface area contributed by atoms with Crippen LogP contribution in [0.25, 0.3) is 56.3 Å². The molecule has 15 rings (SSSR count). The summed E-state index contributed by atoms with van der Waals surface area (Å²) in [6.07, 6.45) is 9.09. The van der Waals surface area contributed by atoms with Crippen LogP contribution in [0.4, 0.5) is 52.7 Å². The Morgan fingerprint density at radius 3 is 0.863 bits per heavy atom. The van der Waals surface area contributed by atoms with Crippen molar-refractivity contribution in [1.29, 1.82) is 0 Å². The highest BCUT2D eigenvalue weighted by Crippen LogP contribution is 2.43. The van der Waals surface area contributed by atoms with Crippen molar-refractivity contribution in [3.05, 3.63) is 349 Å². The summed E-state index contributed by atoms with van der Waals surface area (Å²) in [6.45, 7) is 5.52. The van der Waals surface area contributed by atoms with Crippen LogP contribution in [0, 0.1) is 13.8 Å². The van der Waals surface area contributed by atoms with E-state index in [1.54, 1.807) is 161 Å². The van der Waals surface area contributed by atoms with E-state index < -0.39 is 96.3 Å². The van der Waals surface area contributed by atoms with Gasteiger partial charge in [-0.2, -0.15) is 35.1 Å². The molecule has 46 heteroatoms. The van der Waals surface area contributed by atoms with Crippen LogP contribution < -0.4 is 23.6 Å². The molecule has 0 bridgehead atoms. The number of hydrogen-bond donors (Lipinski definition) is 5. The summed E-state index contributed by atoms with van der Waals surface area (Å²) in [5.41, 5.74) is 11.0. The van der Waals surface area contributed by atoms with Crippen molar-refractivity contribution >= 4 is 96.7 Å². The molecule has 0 aliphatic carbocycles. The molecule has 0 radical (unpaired) electrons. The predicted molar refractivity (Wildman–Crippen MR) is 541 cm³/mol. The number of halogens is 15. The second-order valence-electron chi connectivity index (χ2n) is 34.1. The number of alkyl halides is 12. The summed E-state index contributed by atoms with van der Waals surface area (Å²) in [7, 11) is -2.59. The molecule has 146 heavy (non-hydrogen) atoms. The largest absolute Gasteiger partial charge is 0.416 e. The fourth-order valence-electron chi connectivity index (χ4n) is 15.1. The third-order valence-corrected chi connectivity index (χ3v) is 31.7. The van der Waals surface area contributed by atoms with E-state index in [0.29, 0.717) is 126 Å². The average molecular weight is 2200 g/mol. The second kappa shape index (κ2) is 46.3. The minimum Gasteiger partial charge on any atom is -0.340 e. The molecule has 5 heterocycles. The number of nitrogens with one attached hydrogen (secondary N) is 5. The number of nitrogens with zero attached hydrogens (tertiary/aromatic N) is 10. The zero-order valence-corrected chi connectivity index (χ0v) is 88.0. The third-order valence-electron chi connectivity index (χ3n) is 22.6. The minimum atomic E-state index is -4.80. The van der Waals surface area contributed by atoms with Crippen LogP contribution in [0.5, 0.6) is 0 Å². The summed E-state index contributed by atoms with van der Waals surface area (Å²) in [5, 5.41) is -1.80. The van der Waals surface area contributed by atoms with Crippen LogP contribution in [0.15, 0.2) is 274 Å². The van der Waals surface area contributed by atoms with Crippen molar-refractivity contribution in [2.45, 2.75) is 126 Å². The zero-order chi connectivity index (χ0) is 108. The van der Waals surface area contributed by atoms with Gasteiger partial charge in [0, 0.05) is 131 Å². The van der Waals surface area contributed by atoms with E-state index in [0.717, 1.165) is 76.6 Å². The van der Waals surface area contributed by atoms with Gasteiger partial charge in [0.2, 0.25) is 50.1 Å². The maximum Gasteiger partial charge on any atom is 0.416 e. The third kappa shape index (κ3) is 29.8. The van der Waals surface area contributed by atoms with Gasteiger partial charge in [-0.25, -0.2) is 108 Å². The molecule has 0 amide bonds. The molecule has 5 N–H and O–H groups in total. The van der Waals surface area contributed by atoms with Crippen LogP contribution in [-0.4, -0.2) is 130 Å². The molecule has 0 unspecified atom stereocenters. The number of hydrogen-bond acceptors (Lipinski definition) is 16. The summed E-state index contributed by atoms with van der Waals surface area (Å²) >= 11 is 18.9. The van der Waals surface area contributed by atoms with E-state index in [-0.39, 0.29) is 59.0 Å². The highest BCUT2D eigenvalue weighted by atomic mass is 35.5. The Morgan fingerprint density at radius 1 is 0.301 bits per heavy atom. The number of imidazole rings is 5. The van der Waals surface area contributed by atoms with E-state index in [9.17, 15) is 94.8 Å². The number of rotatable bonds is 29. The summed E-state index contributed by atoms with van der Waals surface area (Å²) in [5.74, 6) is -6.50. The molecular weight excluding hydrogens is 2100 g/mol. The van der Waals surface area contributed by atoms with Crippen molar-refractivity contribution in [3.63, 3.8) is 0 Å². The molecule has 776 valence electrons. The fraction of sp³-hybridized carbons (Fsp3) is 0.250. The number of aromatic nitrogens is 10. The van der Waals surface area contributed by atoms with Crippen LogP contribution in [0.1, 0.15) is 110 Å². The van der Waals surface area contributed by atoms with E-state index in [4.69, 9.17) is 34.8 Å². The Labute approximate surface area is 857 Å². The maximum atomic E-state index is 13.9. The predicted octanol–water partition coefficient (Wildman–Crippen LogP) is 21.5. The first-order valence-corrected chi connectivity index (χ1v) is 53.1. The average Bonchev–Trinajstić information content (AvgIpc) is 1.16.